The summed E-state index contributed by atoms with van der Waals surface area (Å²) in [5, 5.41) is 11.4. The van der Waals surface area contributed by atoms with Crippen LogP contribution in [0.4, 0.5) is 0 Å². The predicted octanol–water partition coefficient (Wildman–Crippen LogP) is 4.43. The molecule has 37 heavy (non-hydrogen) atoms. The maximum atomic E-state index is 14.0. The Kier molecular flexibility index (Phi) is 7.57. The number of amides is 2. The van der Waals surface area contributed by atoms with Crippen LogP contribution >= 0.6 is 0 Å². The summed E-state index contributed by atoms with van der Waals surface area (Å²) in [4.78, 5) is 29.4. The summed E-state index contributed by atoms with van der Waals surface area (Å²) in [6.45, 7) is 7.95. The fourth-order valence-electron chi connectivity index (χ4n) is 4.19. The van der Waals surface area contributed by atoms with Crippen LogP contribution in [-0.4, -0.2) is 44.4 Å². The van der Waals surface area contributed by atoms with Gasteiger partial charge in [0.2, 0.25) is 11.8 Å². The molecule has 0 saturated carbocycles. The number of fused-ring (bicyclic) bond motifs is 1. The maximum Gasteiger partial charge on any atom is 0.247 e. The van der Waals surface area contributed by atoms with Crippen LogP contribution in [0.5, 0.6) is 5.75 Å². The minimum absolute atomic E-state index is 0.0599. The number of hydrogen-bond acceptors (Lipinski definition) is 5. The number of benzene rings is 3. The van der Waals surface area contributed by atoms with Gasteiger partial charge < -0.3 is 15.0 Å². The highest BCUT2D eigenvalue weighted by Crippen LogP contribution is 2.28. The second kappa shape index (κ2) is 10.8. The van der Waals surface area contributed by atoms with Gasteiger partial charge in [0.1, 0.15) is 23.9 Å². The molecule has 4 rings (SSSR count). The third-order valence-electron chi connectivity index (χ3n) is 5.97. The van der Waals surface area contributed by atoms with Crippen molar-refractivity contribution < 1.29 is 14.3 Å². The van der Waals surface area contributed by atoms with Gasteiger partial charge in [0.15, 0.2) is 0 Å². The molecule has 1 heterocycles. The third-order valence-corrected chi connectivity index (χ3v) is 5.97. The molecule has 0 saturated heterocycles. The fourth-order valence-corrected chi connectivity index (χ4v) is 4.19. The average molecular weight is 500 g/mol. The second-order valence-corrected chi connectivity index (χ2v) is 10.2. The van der Waals surface area contributed by atoms with Crippen molar-refractivity contribution in [3.05, 3.63) is 89.5 Å². The Morgan fingerprint density at radius 3 is 2.46 bits per heavy atom. The first-order valence-electron chi connectivity index (χ1n) is 12.2. The Hall–Kier alpha value is -4.20. The lowest BCUT2D eigenvalue weighted by molar-refractivity contribution is -0.142. The van der Waals surface area contributed by atoms with Gasteiger partial charge in [-0.2, -0.15) is 0 Å². The molecule has 0 aliphatic carbocycles. The van der Waals surface area contributed by atoms with Crippen LogP contribution < -0.4 is 10.1 Å². The van der Waals surface area contributed by atoms with Crippen molar-refractivity contribution in [2.75, 3.05) is 7.11 Å². The van der Waals surface area contributed by atoms with Crippen molar-refractivity contribution in [1.29, 1.82) is 0 Å². The summed E-state index contributed by atoms with van der Waals surface area (Å²) in [5.41, 5.74) is 3.65. The standard InChI is InChI=1S/C29H33N5O3/c1-20-13-15-21(16-14-20)18-33(26(35)19-34-25-12-7-6-11-24(25)31-32-34)27(28(36)30-29(2,3)4)22-9-8-10-23(17-22)37-5/h6-17,27H,18-19H2,1-5H3,(H,30,36)/t27-/m1/s1. The van der Waals surface area contributed by atoms with Crippen molar-refractivity contribution in [3.63, 3.8) is 0 Å². The highest BCUT2D eigenvalue weighted by atomic mass is 16.5. The van der Waals surface area contributed by atoms with Gasteiger partial charge in [-0.25, -0.2) is 4.68 Å². The van der Waals surface area contributed by atoms with Gasteiger partial charge in [-0.1, -0.05) is 59.3 Å². The Labute approximate surface area is 217 Å². The van der Waals surface area contributed by atoms with Gasteiger partial charge in [0.25, 0.3) is 0 Å². The quantitative estimate of drug-likeness (QED) is 0.387. The van der Waals surface area contributed by atoms with Gasteiger partial charge in [0, 0.05) is 12.1 Å². The number of methoxy groups -OCH3 is 1. The largest absolute Gasteiger partial charge is 0.497 e. The number of ether oxygens (including phenoxy) is 1. The molecule has 0 aliphatic heterocycles. The molecule has 0 bridgehead atoms. The number of hydrogen-bond donors (Lipinski definition) is 1. The molecule has 1 atom stereocenters. The van der Waals surface area contributed by atoms with Crippen LogP contribution in [0.3, 0.4) is 0 Å². The van der Waals surface area contributed by atoms with Crippen molar-refractivity contribution in [2.45, 2.75) is 52.4 Å². The van der Waals surface area contributed by atoms with E-state index in [4.69, 9.17) is 4.74 Å². The van der Waals surface area contributed by atoms with Crippen LogP contribution in [0.15, 0.2) is 72.8 Å². The second-order valence-electron chi connectivity index (χ2n) is 10.2. The molecule has 8 heteroatoms. The van der Waals surface area contributed by atoms with E-state index in [2.05, 4.69) is 15.6 Å². The molecule has 1 aromatic heterocycles. The molecule has 2 amide bonds. The van der Waals surface area contributed by atoms with Crippen molar-refractivity contribution >= 4 is 22.8 Å². The molecule has 8 nitrogen and oxygen atoms in total. The molecule has 0 spiro atoms. The highest BCUT2D eigenvalue weighted by Gasteiger charge is 2.34. The summed E-state index contributed by atoms with van der Waals surface area (Å²) >= 11 is 0. The molecule has 0 aliphatic rings. The first kappa shape index (κ1) is 25.9. The zero-order valence-electron chi connectivity index (χ0n) is 21.9. The summed E-state index contributed by atoms with van der Waals surface area (Å²) in [7, 11) is 1.58. The minimum atomic E-state index is -0.891. The van der Waals surface area contributed by atoms with E-state index in [-0.39, 0.29) is 24.9 Å². The molecule has 192 valence electrons. The molecule has 3 aromatic carbocycles. The van der Waals surface area contributed by atoms with E-state index in [0.29, 0.717) is 16.8 Å². The highest BCUT2D eigenvalue weighted by molar-refractivity contribution is 5.89. The van der Waals surface area contributed by atoms with Crippen molar-refractivity contribution in [1.82, 2.24) is 25.2 Å². The first-order valence-corrected chi connectivity index (χ1v) is 12.2. The lowest BCUT2D eigenvalue weighted by Gasteiger charge is -2.34. The number of nitrogens with one attached hydrogen (secondary N) is 1. The van der Waals surface area contributed by atoms with E-state index in [0.717, 1.165) is 16.6 Å². The Morgan fingerprint density at radius 2 is 1.76 bits per heavy atom. The monoisotopic (exact) mass is 499 g/mol. The molecule has 0 fully saturated rings. The summed E-state index contributed by atoms with van der Waals surface area (Å²) in [5.74, 6) is 0.0776. The molecule has 0 radical (unpaired) electrons. The van der Waals surface area contributed by atoms with Crippen molar-refractivity contribution in [3.8, 4) is 5.75 Å². The molecule has 4 aromatic rings. The van der Waals surface area contributed by atoms with E-state index in [9.17, 15) is 9.59 Å². The molecular weight excluding hydrogens is 466 g/mol. The van der Waals surface area contributed by atoms with Crippen LogP contribution in [0.1, 0.15) is 43.5 Å². The lowest BCUT2D eigenvalue weighted by atomic mass is 10.00. The Morgan fingerprint density at radius 1 is 1.03 bits per heavy atom. The van der Waals surface area contributed by atoms with Crippen LogP contribution in [0.25, 0.3) is 11.0 Å². The molecular formula is C29H33N5O3. The first-order chi connectivity index (χ1) is 17.6. The van der Waals surface area contributed by atoms with E-state index >= 15 is 0 Å². The number of aryl methyl sites for hydroxylation is 1. The number of rotatable bonds is 8. The summed E-state index contributed by atoms with van der Waals surface area (Å²) in [6, 6.07) is 21.8. The molecule has 0 unspecified atom stereocenters. The van der Waals surface area contributed by atoms with E-state index in [1.54, 1.807) is 22.8 Å². The van der Waals surface area contributed by atoms with Gasteiger partial charge in [-0.15, -0.1) is 5.10 Å². The predicted molar refractivity (Wildman–Crippen MR) is 143 cm³/mol. The van der Waals surface area contributed by atoms with Gasteiger partial charge >= 0.3 is 0 Å². The average Bonchev–Trinajstić information content (AvgIpc) is 3.26. The molecule has 1 N–H and O–H groups in total. The Balaban J connectivity index is 1.78. The van der Waals surface area contributed by atoms with Crippen LogP contribution in [-0.2, 0) is 22.7 Å². The lowest BCUT2D eigenvalue weighted by Crippen LogP contribution is -2.49. The SMILES string of the molecule is COc1cccc([C@H](C(=O)NC(C)(C)C)N(Cc2ccc(C)cc2)C(=O)Cn2nnc3ccccc32)c1. The minimum Gasteiger partial charge on any atom is -0.497 e. The zero-order chi connectivity index (χ0) is 26.6. The summed E-state index contributed by atoms with van der Waals surface area (Å²) in [6.07, 6.45) is 0. The van der Waals surface area contributed by atoms with E-state index in [1.165, 1.54) is 0 Å². The van der Waals surface area contributed by atoms with E-state index < -0.39 is 11.6 Å². The number of carbonyl (C=O) groups is 2. The van der Waals surface area contributed by atoms with Crippen LogP contribution in [0, 0.1) is 6.92 Å². The third kappa shape index (κ3) is 6.33. The number of carbonyl (C=O) groups excluding carboxylic acids is 2. The topological polar surface area (TPSA) is 89.4 Å². The Bertz CT molecular complexity index is 1390. The van der Waals surface area contributed by atoms with Gasteiger partial charge in [0.05, 0.1) is 12.6 Å². The normalized spacial score (nSPS) is 12.2. The number of aromatic nitrogens is 3. The number of para-hydroxylation sites is 1. The number of nitrogens with zero attached hydrogens (tertiary/aromatic N) is 4. The fraction of sp³-hybridized carbons (Fsp3) is 0.310. The summed E-state index contributed by atoms with van der Waals surface area (Å²) < 4.78 is 7.01. The van der Waals surface area contributed by atoms with Gasteiger partial charge in [-0.3, -0.25) is 9.59 Å². The maximum absolute atomic E-state index is 14.0. The van der Waals surface area contributed by atoms with Crippen LogP contribution in [0.2, 0.25) is 0 Å². The smallest absolute Gasteiger partial charge is 0.247 e. The van der Waals surface area contributed by atoms with Crippen molar-refractivity contribution in [2.24, 2.45) is 0 Å². The zero-order valence-corrected chi connectivity index (χ0v) is 21.9. The van der Waals surface area contributed by atoms with Gasteiger partial charge in [-0.05, 0) is 63.1 Å². The van der Waals surface area contributed by atoms with E-state index in [1.807, 2.05) is 94.4 Å².